The lowest BCUT2D eigenvalue weighted by molar-refractivity contribution is 0.250. The average molecular weight is 394 g/mol. The number of sulfonamides is 1. The van der Waals surface area contributed by atoms with Gasteiger partial charge in [0.15, 0.2) is 5.03 Å². The van der Waals surface area contributed by atoms with Gasteiger partial charge in [0.2, 0.25) is 0 Å². The summed E-state index contributed by atoms with van der Waals surface area (Å²) in [6, 6.07) is 0. The Morgan fingerprint density at radius 2 is 1.93 bits per heavy atom. The van der Waals surface area contributed by atoms with Crippen LogP contribution in [-0.4, -0.2) is 44.9 Å². The average Bonchev–Trinajstić information content (AvgIpc) is 3.02. The quantitative estimate of drug-likeness (QED) is 0.768. The van der Waals surface area contributed by atoms with Gasteiger partial charge in [0, 0.05) is 50.6 Å². The van der Waals surface area contributed by atoms with Crippen molar-refractivity contribution < 1.29 is 8.42 Å². The minimum Gasteiger partial charge on any atom is -0.336 e. The molecule has 0 N–H and O–H groups in total. The standard InChI is InChI=1S/C18H27N5O3S/c1-13(2)17-20-16(11-21(17)4)27(25,26)23-7-5-15(6-8-23)10-22-12-19-9-14(3)18(22)24/h9,11-13,15H,5-8,10H2,1-4H3. The SMILES string of the molecule is Cc1cncn(CC2CCN(S(=O)(=O)c3cn(C)c(C(C)C)n3)CC2)c1=O. The number of piperidine rings is 1. The highest BCUT2D eigenvalue weighted by atomic mass is 32.2. The molecule has 0 unspecified atom stereocenters. The third-order valence-electron chi connectivity index (χ3n) is 5.11. The van der Waals surface area contributed by atoms with Gasteiger partial charge in [-0.3, -0.25) is 9.36 Å². The Kier molecular flexibility index (Phi) is 5.53. The highest BCUT2D eigenvalue weighted by molar-refractivity contribution is 7.89. The van der Waals surface area contributed by atoms with Gasteiger partial charge in [-0.15, -0.1) is 0 Å². The van der Waals surface area contributed by atoms with E-state index in [1.54, 1.807) is 34.8 Å². The molecule has 8 nitrogen and oxygen atoms in total. The molecule has 9 heteroatoms. The highest BCUT2D eigenvalue weighted by Gasteiger charge is 2.32. The topological polar surface area (TPSA) is 90.1 Å². The van der Waals surface area contributed by atoms with Crippen molar-refractivity contribution in [3.05, 3.63) is 40.5 Å². The van der Waals surface area contributed by atoms with Gasteiger partial charge in [-0.1, -0.05) is 13.8 Å². The minimum absolute atomic E-state index is 0.0326. The van der Waals surface area contributed by atoms with Crippen LogP contribution in [0.15, 0.2) is 28.5 Å². The van der Waals surface area contributed by atoms with E-state index in [0.29, 0.717) is 38.0 Å². The molecule has 1 aliphatic heterocycles. The molecule has 0 atom stereocenters. The van der Waals surface area contributed by atoms with Crippen LogP contribution in [0.1, 0.15) is 44.0 Å². The normalized spacial score (nSPS) is 16.9. The van der Waals surface area contributed by atoms with Gasteiger partial charge in [0.1, 0.15) is 5.82 Å². The van der Waals surface area contributed by atoms with Crippen LogP contribution in [0.5, 0.6) is 0 Å². The molecular formula is C18H27N5O3S. The molecule has 0 amide bonds. The van der Waals surface area contributed by atoms with Crippen LogP contribution in [0.25, 0.3) is 0 Å². The maximum absolute atomic E-state index is 12.9. The maximum atomic E-state index is 12.9. The van der Waals surface area contributed by atoms with E-state index < -0.39 is 10.0 Å². The second-order valence-electron chi connectivity index (χ2n) is 7.58. The molecule has 2 aromatic heterocycles. The van der Waals surface area contributed by atoms with Gasteiger partial charge in [-0.25, -0.2) is 18.4 Å². The van der Waals surface area contributed by atoms with E-state index in [9.17, 15) is 13.2 Å². The van der Waals surface area contributed by atoms with E-state index in [2.05, 4.69) is 9.97 Å². The Hall–Kier alpha value is -2.00. The van der Waals surface area contributed by atoms with Crippen LogP contribution in [0.2, 0.25) is 0 Å². The van der Waals surface area contributed by atoms with Gasteiger partial charge in [-0.2, -0.15) is 4.31 Å². The zero-order valence-corrected chi connectivity index (χ0v) is 17.1. The smallest absolute Gasteiger partial charge is 0.262 e. The fraction of sp³-hybridized carbons (Fsp3) is 0.611. The van der Waals surface area contributed by atoms with E-state index in [0.717, 1.165) is 5.82 Å². The molecule has 1 fully saturated rings. The second-order valence-corrected chi connectivity index (χ2v) is 9.47. The lowest BCUT2D eigenvalue weighted by Gasteiger charge is -2.30. The highest BCUT2D eigenvalue weighted by Crippen LogP contribution is 2.25. The molecule has 0 aliphatic carbocycles. The Morgan fingerprint density at radius 3 is 2.52 bits per heavy atom. The maximum Gasteiger partial charge on any atom is 0.262 e. The van der Waals surface area contributed by atoms with E-state index in [1.165, 1.54) is 4.31 Å². The molecule has 0 spiro atoms. The summed E-state index contributed by atoms with van der Waals surface area (Å²) in [6.45, 7) is 7.18. The molecule has 0 radical (unpaired) electrons. The van der Waals surface area contributed by atoms with Gasteiger partial charge in [0.05, 0.1) is 6.33 Å². The Bertz CT molecular complexity index is 969. The first-order valence-electron chi connectivity index (χ1n) is 9.24. The summed E-state index contributed by atoms with van der Waals surface area (Å²) in [5, 5.41) is 0.117. The first kappa shape index (κ1) is 19.8. The molecule has 148 valence electrons. The zero-order valence-electron chi connectivity index (χ0n) is 16.3. The molecule has 27 heavy (non-hydrogen) atoms. The van der Waals surface area contributed by atoms with Crippen molar-refractivity contribution in [1.82, 2.24) is 23.4 Å². The lowest BCUT2D eigenvalue weighted by Crippen LogP contribution is -2.40. The number of rotatable bonds is 5. The van der Waals surface area contributed by atoms with E-state index >= 15 is 0 Å². The summed E-state index contributed by atoms with van der Waals surface area (Å²) >= 11 is 0. The van der Waals surface area contributed by atoms with Crippen molar-refractivity contribution in [2.45, 2.75) is 51.1 Å². The number of aromatic nitrogens is 4. The summed E-state index contributed by atoms with van der Waals surface area (Å²) in [5.74, 6) is 1.17. The summed E-state index contributed by atoms with van der Waals surface area (Å²) in [6.07, 6.45) is 6.13. The fourth-order valence-corrected chi connectivity index (χ4v) is 5.00. The molecule has 2 aromatic rings. The summed E-state index contributed by atoms with van der Waals surface area (Å²) in [5.41, 5.74) is 0.586. The molecular weight excluding hydrogens is 366 g/mol. The number of imidazole rings is 1. The second kappa shape index (κ2) is 7.55. The van der Waals surface area contributed by atoms with E-state index in [1.807, 2.05) is 20.9 Å². The van der Waals surface area contributed by atoms with Crippen molar-refractivity contribution in [2.75, 3.05) is 13.1 Å². The van der Waals surface area contributed by atoms with Gasteiger partial charge in [-0.05, 0) is 25.7 Å². The number of aryl methyl sites for hydroxylation is 2. The molecule has 1 saturated heterocycles. The van der Waals surface area contributed by atoms with Crippen LogP contribution < -0.4 is 5.56 Å². The van der Waals surface area contributed by atoms with Crippen molar-refractivity contribution in [2.24, 2.45) is 13.0 Å². The first-order chi connectivity index (χ1) is 12.7. The fourth-order valence-electron chi connectivity index (χ4n) is 3.55. The predicted octanol–water partition coefficient (Wildman–Crippen LogP) is 1.51. The lowest BCUT2D eigenvalue weighted by atomic mass is 9.98. The minimum atomic E-state index is -3.59. The Balaban J connectivity index is 1.68. The zero-order chi connectivity index (χ0) is 19.8. The van der Waals surface area contributed by atoms with Crippen LogP contribution in [0, 0.1) is 12.8 Å². The summed E-state index contributed by atoms with van der Waals surface area (Å²) in [7, 11) is -1.77. The first-order valence-corrected chi connectivity index (χ1v) is 10.7. The van der Waals surface area contributed by atoms with Crippen molar-refractivity contribution in [3.8, 4) is 0 Å². The third kappa shape index (κ3) is 3.98. The molecule has 1 aliphatic rings. The van der Waals surface area contributed by atoms with Crippen molar-refractivity contribution in [3.63, 3.8) is 0 Å². The van der Waals surface area contributed by atoms with Gasteiger partial charge in [0.25, 0.3) is 15.6 Å². The van der Waals surface area contributed by atoms with Crippen LogP contribution in [0.4, 0.5) is 0 Å². The predicted molar refractivity (Wildman–Crippen MR) is 102 cm³/mol. The number of nitrogens with zero attached hydrogens (tertiary/aromatic N) is 5. The Labute approximate surface area is 159 Å². The molecule has 3 heterocycles. The van der Waals surface area contributed by atoms with Gasteiger partial charge >= 0.3 is 0 Å². The Morgan fingerprint density at radius 1 is 1.26 bits per heavy atom. The largest absolute Gasteiger partial charge is 0.336 e. The van der Waals surface area contributed by atoms with Crippen LogP contribution in [0.3, 0.4) is 0 Å². The van der Waals surface area contributed by atoms with Crippen molar-refractivity contribution in [1.29, 1.82) is 0 Å². The van der Waals surface area contributed by atoms with E-state index in [-0.39, 0.29) is 22.4 Å². The van der Waals surface area contributed by atoms with Crippen LogP contribution in [-0.2, 0) is 23.6 Å². The molecule has 0 bridgehead atoms. The number of hydrogen-bond acceptors (Lipinski definition) is 5. The number of hydrogen-bond donors (Lipinski definition) is 0. The van der Waals surface area contributed by atoms with E-state index in [4.69, 9.17) is 0 Å². The molecule has 0 saturated carbocycles. The molecule has 0 aromatic carbocycles. The summed E-state index contributed by atoms with van der Waals surface area (Å²) < 4.78 is 30.8. The van der Waals surface area contributed by atoms with Crippen molar-refractivity contribution >= 4 is 10.0 Å². The molecule has 3 rings (SSSR count). The van der Waals surface area contributed by atoms with Crippen LogP contribution >= 0.6 is 0 Å². The summed E-state index contributed by atoms with van der Waals surface area (Å²) in [4.78, 5) is 20.6. The monoisotopic (exact) mass is 393 g/mol. The third-order valence-corrected chi connectivity index (χ3v) is 6.88. The van der Waals surface area contributed by atoms with Gasteiger partial charge < -0.3 is 4.57 Å².